The number of aromatic nitrogens is 2. The fourth-order valence-electron chi connectivity index (χ4n) is 4.45. The SMILES string of the molecule is C[C@H](Nc1nc2cc(N=O)ccc2nc1Nc1ccc2c(c1)OCCOCCOCCOCCOCCO2)c1ccccc1. The fourth-order valence-corrected chi connectivity index (χ4v) is 4.45. The van der Waals surface area contributed by atoms with Crippen molar-refractivity contribution in [3.63, 3.8) is 0 Å². The molecular weight excluding hydrogens is 566 g/mol. The number of fused-ring (bicyclic) bond motifs is 2. The van der Waals surface area contributed by atoms with Crippen LogP contribution in [0.5, 0.6) is 11.5 Å². The highest BCUT2D eigenvalue weighted by molar-refractivity contribution is 5.84. The van der Waals surface area contributed by atoms with E-state index in [4.69, 9.17) is 38.4 Å². The number of nitroso groups, excluding NO2 is 1. The molecule has 0 bridgehead atoms. The lowest BCUT2D eigenvalue weighted by atomic mass is 10.1. The third kappa shape index (κ3) is 9.07. The maximum Gasteiger partial charge on any atom is 0.174 e. The van der Waals surface area contributed by atoms with E-state index in [0.29, 0.717) is 106 Å². The van der Waals surface area contributed by atoms with Gasteiger partial charge in [0.2, 0.25) is 0 Å². The Morgan fingerprint density at radius 3 is 1.93 bits per heavy atom. The second-order valence-electron chi connectivity index (χ2n) is 9.89. The van der Waals surface area contributed by atoms with Crippen LogP contribution in [0.3, 0.4) is 0 Å². The molecule has 0 aliphatic carbocycles. The third-order valence-electron chi connectivity index (χ3n) is 6.70. The van der Waals surface area contributed by atoms with Gasteiger partial charge < -0.3 is 39.1 Å². The summed E-state index contributed by atoms with van der Waals surface area (Å²) < 4.78 is 34.3. The van der Waals surface area contributed by atoms with Gasteiger partial charge in [0.25, 0.3) is 0 Å². The summed E-state index contributed by atoms with van der Waals surface area (Å²) in [5.74, 6) is 2.15. The number of nitrogens with zero attached hydrogens (tertiary/aromatic N) is 3. The first-order valence-electron chi connectivity index (χ1n) is 14.6. The van der Waals surface area contributed by atoms with Crippen LogP contribution < -0.4 is 20.1 Å². The van der Waals surface area contributed by atoms with Crippen LogP contribution in [0.25, 0.3) is 11.0 Å². The Morgan fingerprint density at radius 2 is 1.27 bits per heavy atom. The number of benzene rings is 3. The smallest absolute Gasteiger partial charge is 0.174 e. The average molecular weight is 604 g/mol. The lowest BCUT2D eigenvalue weighted by molar-refractivity contribution is -0.00841. The molecular formula is C32H37N5O7. The number of ether oxygens (including phenoxy) is 6. The molecule has 12 nitrogen and oxygen atoms in total. The average Bonchev–Trinajstić information content (AvgIpc) is 3.05. The summed E-state index contributed by atoms with van der Waals surface area (Å²) in [6, 6.07) is 20.5. The zero-order valence-corrected chi connectivity index (χ0v) is 24.7. The fraction of sp³-hybridized carbons (Fsp3) is 0.375. The van der Waals surface area contributed by atoms with Gasteiger partial charge in [0, 0.05) is 11.8 Å². The van der Waals surface area contributed by atoms with Crippen molar-refractivity contribution in [1.29, 1.82) is 0 Å². The van der Waals surface area contributed by atoms with E-state index in [2.05, 4.69) is 15.8 Å². The number of hydrogen-bond donors (Lipinski definition) is 2. The molecule has 2 heterocycles. The molecule has 0 unspecified atom stereocenters. The summed E-state index contributed by atoms with van der Waals surface area (Å²) in [5.41, 5.74) is 3.25. The molecule has 2 N–H and O–H groups in total. The molecule has 1 aliphatic rings. The minimum atomic E-state index is -0.0706. The lowest BCUT2D eigenvalue weighted by Gasteiger charge is -2.19. The normalized spacial score (nSPS) is 16.3. The van der Waals surface area contributed by atoms with E-state index in [1.165, 1.54) is 0 Å². The zero-order chi connectivity index (χ0) is 30.4. The van der Waals surface area contributed by atoms with E-state index < -0.39 is 0 Å². The topological polar surface area (TPSA) is 135 Å². The summed E-state index contributed by atoms with van der Waals surface area (Å²) in [7, 11) is 0. The molecule has 0 saturated carbocycles. The molecule has 0 radical (unpaired) electrons. The Kier molecular flexibility index (Phi) is 11.6. The maximum absolute atomic E-state index is 11.2. The molecule has 1 atom stereocenters. The highest BCUT2D eigenvalue weighted by Gasteiger charge is 2.16. The standard InChI is InChI=1S/C32H37N5O7/c1-23(24-5-3-2-4-6-24)33-31-32(35-27-9-7-26(37-38)21-28(27)36-31)34-25-8-10-29-30(22-25)44-20-18-42-16-14-40-12-11-39-13-15-41-17-19-43-29/h2-10,21-23H,11-20H2,1H3,(H,33,36)(H,34,35)/t23-/m0/s1. The largest absolute Gasteiger partial charge is 0.487 e. The van der Waals surface area contributed by atoms with Gasteiger partial charge in [-0.05, 0) is 48.0 Å². The first kappa shape index (κ1) is 31.1. The quantitative estimate of drug-likeness (QED) is 0.260. The first-order chi connectivity index (χ1) is 21.7. The van der Waals surface area contributed by atoms with Gasteiger partial charge in [-0.25, -0.2) is 9.97 Å². The van der Waals surface area contributed by atoms with Crippen LogP contribution in [0, 0.1) is 4.91 Å². The van der Waals surface area contributed by atoms with Crippen molar-refractivity contribution in [2.75, 3.05) is 76.7 Å². The maximum atomic E-state index is 11.2. The van der Waals surface area contributed by atoms with Crippen molar-refractivity contribution >= 4 is 34.0 Å². The molecule has 3 aromatic carbocycles. The van der Waals surface area contributed by atoms with Crippen LogP contribution in [0.1, 0.15) is 18.5 Å². The second-order valence-corrected chi connectivity index (χ2v) is 9.89. The number of nitrogens with one attached hydrogen (secondary N) is 2. The van der Waals surface area contributed by atoms with Crippen LogP contribution in [-0.2, 0) is 18.9 Å². The van der Waals surface area contributed by atoms with Gasteiger partial charge in [-0.1, -0.05) is 30.3 Å². The number of rotatable bonds is 6. The highest BCUT2D eigenvalue weighted by atomic mass is 16.6. The summed E-state index contributed by atoms with van der Waals surface area (Å²) in [4.78, 5) is 20.8. The Hall–Kier alpha value is -4.36. The van der Waals surface area contributed by atoms with Gasteiger partial charge >= 0.3 is 0 Å². The van der Waals surface area contributed by atoms with Gasteiger partial charge in [-0.15, -0.1) is 4.91 Å². The minimum absolute atomic E-state index is 0.0706. The summed E-state index contributed by atoms with van der Waals surface area (Å²) >= 11 is 0. The van der Waals surface area contributed by atoms with Crippen LogP contribution in [0.2, 0.25) is 0 Å². The van der Waals surface area contributed by atoms with E-state index in [1.54, 1.807) is 18.2 Å². The van der Waals surface area contributed by atoms with Crippen LogP contribution in [-0.4, -0.2) is 76.0 Å². The molecule has 1 aliphatic heterocycles. The summed E-state index contributed by atoms with van der Waals surface area (Å²) in [6.45, 7) is 6.43. The molecule has 1 aromatic heterocycles. The van der Waals surface area contributed by atoms with Crippen molar-refractivity contribution in [2.24, 2.45) is 5.18 Å². The lowest BCUT2D eigenvalue weighted by Crippen LogP contribution is -2.16. The second kappa shape index (κ2) is 16.5. The van der Waals surface area contributed by atoms with E-state index >= 15 is 0 Å². The van der Waals surface area contributed by atoms with Gasteiger partial charge in [-0.3, -0.25) is 0 Å². The van der Waals surface area contributed by atoms with Crippen molar-refractivity contribution in [2.45, 2.75) is 13.0 Å². The van der Waals surface area contributed by atoms with Gasteiger partial charge in [0.1, 0.15) is 18.9 Å². The molecule has 5 rings (SSSR count). The highest BCUT2D eigenvalue weighted by Crippen LogP contribution is 2.34. The summed E-state index contributed by atoms with van der Waals surface area (Å²) in [6.07, 6.45) is 0. The van der Waals surface area contributed by atoms with Crippen molar-refractivity contribution in [1.82, 2.24) is 9.97 Å². The molecule has 4 aromatic rings. The molecule has 0 fully saturated rings. The molecule has 0 spiro atoms. The van der Waals surface area contributed by atoms with Gasteiger partial charge in [-0.2, -0.15) is 0 Å². The molecule has 0 saturated heterocycles. The van der Waals surface area contributed by atoms with Crippen LogP contribution in [0.4, 0.5) is 23.0 Å². The monoisotopic (exact) mass is 603 g/mol. The molecule has 12 heteroatoms. The van der Waals surface area contributed by atoms with Gasteiger partial charge in [0.05, 0.1) is 69.9 Å². The van der Waals surface area contributed by atoms with Crippen LogP contribution >= 0.6 is 0 Å². The Morgan fingerprint density at radius 1 is 0.659 bits per heavy atom. The Labute approximate surface area is 256 Å². The predicted octanol–water partition coefficient (Wildman–Crippen LogP) is 5.78. The minimum Gasteiger partial charge on any atom is -0.487 e. The summed E-state index contributed by atoms with van der Waals surface area (Å²) in [5, 5.41) is 9.90. The number of hydrogen-bond acceptors (Lipinski definition) is 12. The van der Waals surface area contributed by atoms with Crippen molar-refractivity contribution in [3.8, 4) is 11.5 Å². The molecule has 0 amide bonds. The van der Waals surface area contributed by atoms with E-state index in [-0.39, 0.29) is 11.7 Å². The van der Waals surface area contributed by atoms with Crippen molar-refractivity contribution in [3.05, 3.63) is 77.2 Å². The van der Waals surface area contributed by atoms with E-state index in [0.717, 1.165) is 5.56 Å². The Bertz CT molecular complexity index is 1490. The van der Waals surface area contributed by atoms with E-state index in [1.807, 2.05) is 55.5 Å². The van der Waals surface area contributed by atoms with Crippen LogP contribution in [0.15, 0.2) is 71.9 Å². The molecule has 232 valence electrons. The van der Waals surface area contributed by atoms with Crippen molar-refractivity contribution < 1.29 is 28.4 Å². The number of anilines is 3. The Balaban J connectivity index is 1.37. The third-order valence-corrected chi connectivity index (χ3v) is 6.70. The molecule has 44 heavy (non-hydrogen) atoms. The zero-order valence-electron chi connectivity index (χ0n) is 24.7. The predicted molar refractivity (Wildman–Crippen MR) is 167 cm³/mol. The first-order valence-corrected chi connectivity index (χ1v) is 14.6. The van der Waals surface area contributed by atoms with Gasteiger partial charge in [0.15, 0.2) is 23.1 Å². The van der Waals surface area contributed by atoms with E-state index in [9.17, 15) is 4.91 Å².